The lowest BCUT2D eigenvalue weighted by Gasteiger charge is -2.22. The van der Waals surface area contributed by atoms with Crippen molar-refractivity contribution in [1.82, 2.24) is 10.4 Å². The molecule has 1 aromatic rings. The first-order valence-electron chi connectivity index (χ1n) is 9.88. The molecule has 2 bridgehead atoms. The van der Waals surface area contributed by atoms with E-state index in [1.54, 1.807) is 13.0 Å². The van der Waals surface area contributed by atoms with Crippen LogP contribution in [0.4, 0.5) is 0 Å². The normalized spacial score (nSPS) is 29.1. The van der Waals surface area contributed by atoms with Crippen LogP contribution in [0.1, 0.15) is 39.2 Å². The van der Waals surface area contributed by atoms with Gasteiger partial charge in [0.1, 0.15) is 5.75 Å². The molecule has 0 spiro atoms. The summed E-state index contributed by atoms with van der Waals surface area (Å²) in [7, 11) is 0. The molecule has 0 aromatic heterocycles. The number of allylic oxidation sites excluding steroid dienone is 2. The average molecular weight is 382 g/mol. The zero-order chi connectivity index (χ0) is 20.2. The van der Waals surface area contributed by atoms with E-state index >= 15 is 0 Å². The number of hydrogen-bond acceptors (Lipinski definition) is 4. The summed E-state index contributed by atoms with van der Waals surface area (Å²) in [6.45, 7) is 7.66. The molecule has 5 atom stereocenters. The van der Waals surface area contributed by atoms with Gasteiger partial charge in [-0.05, 0) is 70.1 Å². The second kappa shape index (κ2) is 6.76. The minimum atomic E-state index is -0.826. The fraction of sp³-hybridized carbons (Fsp3) is 0.500. The Morgan fingerprint density at radius 2 is 1.75 bits per heavy atom. The number of carbonyl (C=O) groups excluding carboxylic acids is 3. The van der Waals surface area contributed by atoms with Gasteiger partial charge in [0.25, 0.3) is 17.7 Å². The molecule has 6 nitrogen and oxygen atoms in total. The van der Waals surface area contributed by atoms with E-state index in [-0.39, 0.29) is 35.5 Å². The summed E-state index contributed by atoms with van der Waals surface area (Å²) in [5.41, 5.74) is 6.04. The van der Waals surface area contributed by atoms with E-state index in [1.165, 1.54) is 11.1 Å². The van der Waals surface area contributed by atoms with Crippen LogP contribution >= 0.6 is 0 Å². The monoisotopic (exact) mass is 382 g/mol. The van der Waals surface area contributed by atoms with Gasteiger partial charge in [-0.2, -0.15) is 5.01 Å². The van der Waals surface area contributed by atoms with Gasteiger partial charge < -0.3 is 4.74 Å². The summed E-state index contributed by atoms with van der Waals surface area (Å²) in [5, 5.41) is 0.945. The Kier molecular flexibility index (Phi) is 4.52. The molecule has 1 aliphatic heterocycles. The molecular formula is C22H26N2O4. The summed E-state index contributed by atoms with van der Waals surface area (Å²) in [4.78, 5) is 38.4. The maximum atomic E-state index is 12.9. The number of amides is 3. The second-order valence-electron chi connectivity index (χ2n) is 8.36. The SMILES string of the molecule is CC(C)=C1[C@H]2CC[C@H]1[C@@H]1C(=O)N(NC(=O)[C@H](C)Oc3cccc(C)c3)C(=O)[C@H]12. The maximum absolute atomic E-state index is 12.9. The van der Waals surface area contributed by atoms with Crippen LogP contribution in [-0.2, 0) is 14.4 Å². The molecular weight excluding hydrogens is 356 g/mol. The third kappa shape index (κ3) is 2.82. The highest BCUT2D eigenvalue weighted by Gasteiger charge is 2.63. The topological polar surface area (TPSA) is 75.7 Å². The molecule has 28 heavy (non-hydrogen) atoms. The summed E-state index contributed by atoms with van der Waals surface area (Å²) >= 11 is 0. The van der Waals surface area contributed by atoms with E-state index in [2.05, 4.69) is 19.3 Å². The Labute approximate surface area is 164 Å². The Bertz CT molecular complexity index is 854. The molecule has 0 radical (unpaired) electrons. The van der Waals surface area contributed by atoms with E-state index < -0.39 is 12.0 Å². The summed E-state index contributed by atoms with van der Waals surface area (Å²) < 4.78 is 5.67. The zero-order valence-corrected chi connectivity index (χ0v) is 16.7. The molecule has 1 aromatic carbocycles. The highest BCUT2D eigenvalue weighted by Crippen LogP contribution is 2.59. The van der Waals surface area contributed by atoms with Gasteiger partial charge in [-0.3, -0.25) is 19.8 Å². The van der Waals surface area contributed by atoms with Crippen molar-refractivity contribution in [2.45, 2.75) is 46.6 Å². The standard InChI is InChI=1S/C22H26N2O4/c1-11(2)17-15-8-9-16(17)19-18(15)21(26)24(22(19)27)23-20(25)13(4)28-14-7-5-6-12(3)10-14/h5-7,10,13,15-16,18-19H,8-9H2,1-4H3,(H,23,25)/t13-,15+,16+,18-,19-/m0/s1. The first-order chi connectivity index (χ1) is 13.3. The molecule has 1 saturated heterocycles. The summed E-state index contributed by atoms with van der Waals surface area (Å²) in [6.07, 6.45) is 1.06. The number of aryl methyl sites for hydroxylation is 1. The van der Waals surface area contributed by atoms with Crippen LogP contribution in [0.25, 0.3) is 0 Å². The lowest BCUT2D eigenvalue weighted by Crippen LogP contribution is -2.51. The molecule has 2 saturated carbocycles. The van der Waals surface area contributed by atoms with E-state index in [4.69, 9.17) is 4.74 Å². The molecule has 2 aliphatic carbocycles. The van der Waals surface area contributed by atoms with Gasteiger partial charge in [-0.25, -0.2) is 0 Å². The Hall–Kier alpha value is -2.63. The molecule has 1 heterocycles. The fourth-order valence-corrected chi connectivity index (χ4v) is 5.25. The molecule has 3 fully saturated rings. The third-order valence-electron chi connectivity index (χ3n) is 6.32. The van der Waals surface area contributed by atoms with Gasteiger partial charge in [-0.15, -0.1) is 0 Å². The number of rotatable bonds is 4. The van der Waals surface area contributed by atoms with Crippen molar-refractivity contribution in [2.75, 3.05) is 0 Å². The quantitative estimate of drug-likeness (QED) is 0.642. The smallest absolute Gasteiger partial charge is 0.279 e. The Balaban J connectivity index is 1.47. The minimum Gasteiger partial charge on any atom is -0.481 e. The molecule has 3 aliphatic rings. The van der Waals surface area contributed by atoms with E-state index in [0.717, 1.165) is 23.4 Å². The largest absolute Gasteiger partial charge is 0.481 e. The number of imide groups is 1. The van der Waals surface area contributed by atoms with Crippen molar-refractivity contribution >= 4 is 17.7 Å². The third-order valence-corrected chi connectivity index (χ3v) is 6.32. The molecule has 0 unspecified atom stereocenters. The van der Waals surface area contributed by atoms with Gasteiger partial charge >= 0.3 is 0 Å². The Morgan fingerprint density at radius 3 is 2.29 bits per heavy atom. The number of carbonyl (C=O) groups is 3. The van der Waals surface area contributed by atoms with E-state index in [1.807, 2.05) is 25.1 Å². The summed E-state index contributed by atoms with van der Waals surface area (Å²) in [6, 6.07) is 7.39. The average Bonchev–Trinajstić information content (AvgIpc) is 3.27. The number of benzene rings is 1. The highest BCUT2D eigenvalue weighted by atomic mass is 16.5. The first-order valence-corrected chi connectivity index (χ1v) is 9.88. The number of hydrazine groups is 1. The zero-order valence-electron chi connectivity index (χ0n) is 16.7. The van der Waals surface area contributed by atoms with Crippen LogP contribution < -0.4 is 10.2 Å². The minimum absolute atomic E-state index is 0.138. The van der Waals surface area contributed by atoms with Crippen molar-refractivity contribution in [3.63, 3.8) is 0 Å². The molecule has 3 amide bonds. The van der Waals surface area contributed by atoms with Crippen LogP contribution in [-0.4, -0.2) is 28.8 Å². The maximum Gasteiger partial charge on any atom is 0.279 e. The van der Waals surface area contributed by atoms with Gasteiger partial charge in [0, 0.05) is 0 Å². The van der Waals surface area contributed by atoms with Crippen molar-refractivity contribution in [3.8, 4) is 5.75 Å². The van der Waals surface area contributed by atoms with Crippen LogP contribution in [0, 0.1) is 30.6 Å². The van der Waals surface area contributed by atoms with Crippen LogP contribution in [0.3, 0.4) is 0 Å². The first kappa shape index (κ1) is 18.7. The van der Waals surface area contributed by atoms with E-state index in [9.17, 15) is 14.4 Å². The van der Waals surface area contributed by atoms with Gasteiger partial charge in [0.05, 0.1) is 11.8 Å². The molecule has 6 heteroatoms. The van der Waals surface area contributed by atoms with Gasteiger partial charge in [0.15, 0.2) is 6.10 Å². The van der Waals surface area contributed by atoms with Crippen molar-refractivity contribution in [3.05, 3.63) is 41.0 Å². The van der Waals surface area contributed by atoms with E-state index in [0.29, 0.717) is 5.75 Å². The van der Waals surface area contributed by atoms with Crippen LogP contribution in [0.2, 0.25) is 0 Å². The van der Waals surface area contributed by atoms with Crippen molar-refractivity contribution in [2.24, 2.45) is 23.7 Å². The number of nitrogens with zero attached hydrogens (tertiary/aromatic N) is 1. The predicted octanol–water partition coefficient (Wildman–Crippen LogP) is 2.77. The summed E-state index contributed by atoms with van der Waals surface area (Å²) in [5.74, 6) is -0.871. The Morgan fingerprint density at radius 1 is 1.14 bits per heavy atom. The highest BCUT2D eigenvalue weighted by molar-refractivity contribution is 6.07. The number of nitrogens with one attached hydrogen (secondary N) is 1. The molecule has 148 valence electrons. The number of hydrogen-bond donors (Lipinski definition) is 1. The predicted molar refractivity (Wildman–Crippen MR) is 103 cm³/mol. The molecule has 4 rings (SSSR count). The van der Waals surface area contributed by atoms with Crippen LogP contribution in [0.15, 0.2) is 35.4 Å². The second-order valence-corrected chi connectivity index (χ2v) is 8.36. The van der Waals surface area contributed by atoms with Crippen molar-refractivity contribution < 1.29 is 19.1 Å². The number of fused-ring (bicyclic) bond motifs is 5. The van der Waals surface area contributed by atoms with Crippen molar-refractivity contribution in [1.29, 1.82) is 0 Å². The van der Waals surface area contributed by atoms with Crippen LogP contribution in [0.5, 0.6) is 5.75 Å². The fourth-order valence-electron chi connectivity index (χ4n) is 5.25. The molecule has 1 N–H and O–H groups in total. The number of ether oxygens (including phenoxy) is 1. The van der Waals surface area contributed by atoms with Gasteiger partial charge in [-0.1, -0.05) is 23.3 Å². The lowest BCUT2D eigenvalue weighted by molar-refractivity contribution is -0.151. The van der Waals surface area contributed by atoms with Gasteiger partial charge in [0.2, 0.25) is 0 Å². The lowest BCUT2D eigenvalue weighted by atomic mass is 9.81.